The number of aromatic amines is 1. The van der Waals surface area contributed by atoms with E-state index in [1.165, 1.54) is 0 Å². The average Bonchev–Trinajstić information content (AvgIpc) is 2.98. The summed E-state index contributed by atoms with van der Waals surface area (Å²) >= 11 is 1.63. The number of hydrogen-bond donors (Lipinski definition) is 1. The normalized spacial score (nSPS) is 10.5. The van der Waals surface area contributed by atoms with Crippen LogP contribution >= 0.6 is 11.3 Å². The molecule has 0 fully saturated rings. The first-order chi connectivity index (χ1) is 8.20. The van der Waals surface area contributed by atoms with E-state index < -0.39 is 0 Å². The molecule has 90 valence electrons. The Hall–Kier alpha value is -1.69. The monoisotopic (exact) mass is 250 g/mol. The van der Waals surface area contributed by atoms with Crippen LogP contribution in [0, 0.1) is 0 Å². The van der Waals surface area contributed by atoms with Crippen LogP contribution in [0.2, 0.25) is 0 Å². The lowest BCUT2D eigenvalue weighted by atomic mass is 10.4. The molecule has 0 aromatic carbocycles. The van der Waals surface area contributed by atoms with E-state index in [2.05, 4.69) is 15.2 Å². The number of thiophene rings is 1. The van der Waals surface area contributed by atoms with E-state index >= 15 is 0 Å². The van der Waals surface area contributed by atoms with Gasteiger partial charge in [0.05, 0.1) is 6.54 Å². The van der Waals surface area contributed by atoms with E-state index in [-0.39, 0.29) is 11.7 Å². The van der Waals surface area contributed by atoms with E-state index in [0.717, 1.165) is 17.1 Å². The lowest BCUT2D eigenvalue weighted by Gasteiger charge is -2.13. The molecule has 0 saturated carbocycles. The third-order valence-corrected chi connectivity index (χ3v) is 3.24. The number of carbonyl (C=O) groups excluding carboxylic acids is 1. The molecular weight excluding hydrogens is 236 g/mol. The third kappa shape index (κ3) is 2.71. The molecule has 0 aliphatic heterocycles. The average molecular weight is 250 g/mol. The van der Waals surface area contributed by atoms with Crippen molar-refractivity contribution in [1.82, 2.24) is 20.1 Å². The predicted molar refractivity (Wildman–Crippen MR) is 65.9 cm³/mol. The first-order valence-corrected chi connectivity index (χ1v) is 6.27. The van der Waals surface area contributed by atoms with E-state index in [0.29, 0.717) is 6.54 Å². The first kappa shape index (κ1) is 11.8. The lowest BCUT2D eigenvalue weighted by Crippen LogP contribution is -2.26. The van der Waals surface area contributed by atoms with Crippen molar-refractivity contribution in [2.24, 2.45) is 0 Å². The molecule has 0 aliphatic rings. The van der Waals surface area contributed by atoms with Gasteiger partial charge in [0.25, 0.3) is 5.91 Å². The zero-order valence-electron chi connectivity index (χ0n) is 9.80. The first-order valence-electron chi connectivity index (χ1n) is 5.39. The highest BCUT2D eigenvalue weighted by Crippen LogP contribution is 2.11. The van der Waals surface area contributed by atoms with Gasteiger partial charge in [-0.25, -0.2) is 4.98 Å². The van der Waals surface area contributed by atoms with Gasteiger partial charge in [0, 0.05) is 18.3 Å². The molecule has 1 N–H and O–H groups in total. The van der Waals surface area contributed by atoms with E-state index in [1.54, 1.807) is 23.3 Å². The van der Waals surface area contributed by atoms with Gasteiger partial charge in [-0.05, 0) is 11.4 Å². The van der Waals surface area contributed by atoms with Crippen LogP contribution in [-0.4, -0.2) is 33.0 Å². The van der Waals surface area contributed by atoms with Crippen molar-refractivity contribution >= 4 is 17.2 Å². The fourth-order valence-electron chi connectivity index (χ4n) is 1.43. The second kappa shape index (κ2) is 5.09. The molecule has 2 aromatic rings. The highest BCUT2D eigenvalue weighted by molar-refractivity contribution is 7.09. The zero-order chi connectivity index (χ0) is 12.3. The van der Waals surface area contributed by atoms with Crippen molar-refractivity contribution in [1.29, 1.82) is 0 Å². The number of aromatic nitrogens is 3. The summed E-state index contributed by atoms with van der Waals surface area (Å²) in [7, 11) is 1.75. The van der Waals surface area contributed by atoms with Crippen molar-refractivity contribution in [3.8, 4) is 0 Å². The van der Waals surface area contributed by atoms with Crippen LogP contribution in [-0.2, 0) is 13.0 Å². The summed E-state index contributed by atoms with van der Waals surface area (Å²) in [5, 5.41) is 8.65. The Kier molecular flexibility index (Phi) is 3.53. The minimum atomic E-state index is -0.158. The van der Waals surface area contributed by atoms with Gasteiger partial charge in [0.15, 0.2) is 0 Å². The maximum atomic E-state index is 12.0. The van der Waals surface area contributed by atoms with Gasteiger partial charge in [0.2, 0.25) is 5.82 Å². The number of nitrogens with one attached hydrogen (secondary N) is 1. The molecule has 1 amide bonds. The molecule has 2 rings (SSSR count). The van der Waals surface area contributed by atoms with Crippen molar-refractivity contribution in [2.75, 3.05) is 7.05 Å². The molecule has 0 radical (unpaired) electrons. The van der Waals surface area contributed by atoms with Gasteiger partial charge in [-0.3, -0.25) is 9.89 Å². The van der Waals surface area contributed by atoms with Crippen LogP contribution in [0.4, 0.5) is 0 Å². The molecular formula is C11H14N4OS. The number of H-pyrrole nitrogens is 1. The molecule has 6 heteroatoms. The Bertz CT molecular complexity index is 491. The topological polar surface area (TPSA) is 61.9 Å². The number of rotatable bonds is 4. The Morgan fingerprint density at radius 2 is 2.41 bits per heavy atom. The van der Waals surface area contributed by atoms with Gasteiger partial charge in [-0.1, -0.05) is 13.0 Å². The molecule has 2 aromatic heterocycles. The maximum absolute atomic E-state index is 12.0. The van der Waals surface area contributed by atoms with Crippen LogP contribution in [0.25, 0.3) is 0 Å². The van der Waals surface area contributed by atoms with Crippen LogP contribution in [0.3, 0.4) is 0 Å². The van der Waals surface area contributed by atoms with Gasteiger partial charge in [-0.2, -0.15) is 0 Å². The number of hydrogen-bond acceptors (Lipinski definition) is 4. The van der Waals surface area contributed by atoms with Gasteiger partial charge in [0.1, 0.15) is 5.82 Å². The van der Waals surface area contributed by atoms with Crippen LogP contribution in [0.15, 0.2) is 17.5 Å². The Balaban J connectivity index is 2.04. The zero-order valence-corrected chi connectivity index (χ0v) is 10.6. The van der Waals surface area contributed by atoms with E-state index in [4.69, 9.17) is 0 Å². The highest BCUT2D eigenvalue weighted by atomic mass is 32.1. The summed E-state index contributed by atoms with van der Waals surface area (Å²) in [5.41, 5.74) is 0. The molecule has 0 spiro atoms. The number of carbonyl (C=O) groups is 1. The lowest BCUT2D eigenvalue weighted by molar-refractivity contribution is 0.0774. The smallest absolute Gasteiger partial charge is 0.293 e. The number of nitrogens with zero attached hydrogens (tertiary/aromatic N) is 3. The van der Waals surface area contributed by atoms with Crippen molar-refractivity contribution in [3.63, 3.8) is 0 Å². The fourth-order valence-corrected chi connectivity index (χ4v) is 2.19. The standard InChI is InChI=1S/C11H14N4OS/c1-3-9-12-10(14-13-9)11(16)15(2)7-8-5-4-6-17-8/h4-6H,3,7H2,1-2H3,(H,12,13,14). The summed E-state index contributed by atoms with van der Waals surface area (Å²) in [4.78, 5) is 18.9. The largest absolute Gasteiger partial charge is 0.334 e. The van der Waals surface area contributed by atoms with Crippen molar-refractivity contribution < 1.29 is 4.79 Å². The summed E-state index contributed by atoms with van der Waals surface area (Å²) in [6, 6.07) is 3.98. The van der Waals surface area contributed by atoms with Gasteiger partial charge >= 0.3 is 0 Å². The Labute approximate surface area is 103 Å². The summed E-state index contributed by atoms with van der Waals surface area (Å²) in [5.74, 6) is 0.813. The molecule has 2 heterocycles. The molecule has 17 heavy (non-hydrogen) atoms. The number of amides is 1. The minimum absolute atomic E-state index is 0.158. The fraction of sp³-hybridized carbons (Fsp3) is 0.364. The van der Waals surface area contributed by atoms with Crippen molar-refractivity contribution in [2.45, 2.75) is 19.9 Å². The van der Waals surface area contributed by atoms with Crippen LogP contribution < -0.4 is 0 Å². The highest BCUT2D eigenvalue weighted by Gasteiger charge is 2.17. The molecule has 0 bridgehead atoms. The second-order valence-corrected chi connectivity index (χ2v) is 4.73. The molecule has 0 aliphatic carbocycles. The molecule has 5 nitrogen and oxygen atoms in total. The van der Waals surface area contributed by atoms with Crippen LogP contribution in [0.1, 0.15) is 28.2 Å². The minimum Gasteiger partial charge on any atom is -0.334 e. The third-order valence-electron chi connectivity index (χ3n) is 2.38. The molecule has 0 saturated heterocycles. The van der Waals surface area contributed by atoms with E-state index in [9.17, 15) is 4.79 Å². The quantitative estimate of drug-likeness (QED) is 0.898. The summed E-state index contributed by atoms with van der Waals surface area (Å²) < 4.78 is 0. The maximum Gasteiger partial charge on any atom is 0.293 e. The Morgan fingerprint density at radius 3 is 3.00 bits per heavy atom. The van der Waals surface area contributed by atoms with Gasteiger partial charge < -0.3 is 4.90 Å². The SMILES string of the molecule is CCc1nc(C(=O)N(C)Cc2cccs2)n[nH]1. The molecule has 0 unspecified atom stereocenters. The molecule has 0 atom stereocenters. The van der Waals surface area contributed by atoms with E-state index in [1.807, 2.05) is 24.4 Å². The predicted octanol–water partition coefficient (Wildman–Crippen LogP) is 1.70. The number of aryl methyl sites for hydroxylation is 1. The van der Waals surface area contributed by atoms with Crippen molar-refractivity contribution in [3.05, 3.63) is 34.0 Å². The van der Waals surface area contributed by atoms with Gasteiger partial charge in [-0.15, -0.1) is 16.4 Å². The Morgan fingerprint density at radius 1 is 1.59 bits per heavy atom. The summed E-state index contributed by atoms with van der Waals surface area (Å²) in [6.07, 6.45) is 0.745. The van der Waals surface area contributed by atoms with Crippen LogP contribution in [0.5, 0.6) is 0 Å². The summed E-state index contributed by atoms with van der Waals surface area (Å²) in [6.45, 7) is 2.55. The second-order valence-electron chi connectivity index (χ2n) is 3.70.